The van der Waals surface area contributed by atoms with Crippen LogP contribution in [-0.4, -0.2) is 31.1 Å². The maximum Gasteiger partial charge on any atom is 0.0945 e. The average Bonchev–Trinajstić information content (AvgIpc) is 3.15. The first-order chi connectivity index (χ1) is 11.3. The van der Waals surface area contributed by atoms with Crippen LogP contribution >= 0.6 is 11.6 Å². The second-order valence-corrected chi connectivity index (χ2v) is 9.53. The van der Waals surface area contributed by atoms with Gasteiger partial charge in [-0.25, -0.2) is 0 Å². The lowest BCUT2D eigenvalue weighted by atomic mass is 9.63. The van der Waals surface area contributed by atoms with E-state index < -0.39 is 0 Å². The molecule has 0 spiro atoms. The van der Waals surface area contributed by atoms with Gasteiger partial charge in [-0.1, -0.05) is 39.3 Å². The van der Waals surface area contributed by atoms with E-state index >= 15 is 0 Å². The minimum atomic E-state index is 0.124. The zero-order valence-corrected chi connectivity index (χ0v) is 16.7. The van der Waals surface area contributed by atoms with Gasteiger partial charge in [0.15, 0.2) is 0 Å². The maximum atomic E-state index is 7.01. The first-order valence-electron chi connectivity index (χ1n) is 9.69. The molecule has 0 aromatic rings. The summed E-state index contributed by atoms with van der Waals surface area (Å²) < 4.78 is 0. The number of quaternary nitrogens is 1. The summed E-state index contributed by atoms with van der Waals surface area (Å²) in [6.45, 7) is 14.3. The van der Waals surface area contributed by atoms with Crippen LogP contribution in [0.1, 0.15) is 59.8 Å². The Morgan fingerprint density at radius 1 is 0.958 bits per heavy atom. The Bertz CT molecular complexity index is 556. The van der Waals surface area contributed by atoms with Crippen molar-refractivity contribution in [2.45, 2.75) is 59.8 Å². The van der Waals surface area contributed by atoms with E-state index in [2.05, 4.69) is 51.1 Å². The third-order valence-corrected chi connectivity index (χ3v) is 6.41. The van der Waals surface area contributed by atoms with Gasteiger partial charge in [-0.2, -0.15) is 0 Å². The van der Waals surface area contributed by atoms with Gasteiger partial charge in [0.25, 0.3) is 0 Å². The first kappa shape index (κ1) is 18.1. The van der Waals surface area contributed by atoms with E-state index in [-0.39, 0.29) is 10.8 Å². The lowest BCUT2D eigenvalue weighted by Crippen LogP contribution is -3.05. The fraction of sp³-hybridized carbons (Fsp3) is 0.714. The predicted molar refractivity (Wildman–Crippen MR) is 103 cm³/mol. The summed E-state index contributed by atoms with van der Waals surface area (Å²) in [5.74, 6) is 0. The van der Waals surface area contributed by atoms with E-state index in [0.717, 1.165) is 11.5 Å². The fourth-order valence-corrected chi connectivity index (χ4v) is 5.44. The number of rotatable bonds is 3. The molecule has 3 rings (SSSR count). The second kappa shape index (κ2) is 6.88. The topological polar surface area (TPSA) is 7.68 Å². The molecule has 3 aliphatic rings. The van der Waals surface area contributed by atoms with Crippen LogP contribution in [0.2, 0.25) is 0 Å². The van der Waals surface area contributed by atoms with Crippen molar-refractivity contribution in [2.24, 2.45) is 10.8 Å². The molecule has 0 unspecified atom stereocenters. The molecular formula is C21H34ClN2+. The smallest absolute Gasteiger partial charge is 0.0945 e. The largest absolute Gasteiger partial charge is 0.377 e. The van der Waals surface area contributed by atoms with Gasteiger partial charge in [0.2, 0.25) is 0 Å². The fourth-order valence-electron chi connectivity index (χ4n) is 4.81. The van der Waals surface area contributed by atoms with Gasteiger partial charge in [-0.3, -0.25) is 0 Å². The molecule has 0 amide bonds. The summed E-state index contributed by atoms with van der Waals surface area (Å²) in [5, 5.41) is 0.998. The Morgan fingerprint density at radius 2 is 1.58 bits per heavy atom. The van der Waals surface area contributed by atoms with Crippen molar-refractivity contribution in [1.82, 2.24) is 4.90 Å². The van der Waals surface area contributed by atoms with Crippen molar-refractivity contribution in [1.29, 1.82) is 0 Å². The molecule has 0 saturated carbocycles. The van der Waals surface area contributed by atoms with Crippen LogP contribution in [0.25, 0.3) is 0 Å². The van der Waals surface area contributed by atoms with Gasteiger partial charge in [-0.05, 0) is 47.3 Å². The lowest BCUT2D eigenvalue weighted by Gasteiger charge is -2.43. The molecule has 24 heavy (non-hydrogen) atoms. The van der Waals surface area contributed by atoms with E-state index in [9.17, 15) is 0 Å². The summed E-state index contributed by atoms with van der Waals surface area (Å²) in [7, 11) is 0. The summed E-state index contributed by atoms with van der Waals surface area (Å²) in [4.78, 5) is 4.06. The highest BCUT2D eigenvalue weighted by atomic mass is 35.5. The molecule has 2 saturated heterocycles. The second-order valence-electron chi connectivity index (χ2n) is 9.16. The molecule has 0 aromatic carbocycles. The van der Waals surface area contributed by atoms with E-state index in [1.54, 1.807) is 4.90 Å². The number of allylic oxidation sites excluding steroid dienone is 4. The highest BCUT2D eigenvalue weighted by molar-refractivity contribution is 6.32. The van der Waals surface area contributed by atoms with Crippen molar-refractivity contribution >= 4 is 11.6 Å². The van der Waals surface area contributed by atoms with Gasteiger partial charge in [-0.15, -0.1) is 0 Å². The molecule has 1 aliphatic carbocycles. The molecule has 2 heterocycles. The summed E-state index contributed by atoms with van der Waals surface area (Å²) in [5.41, 5.74) is 2.91. The van der Waals surface area contributed by atoms with Crippen LogP contribution in [0.5, 0.6) is 0 Å². The zero-order chi connectivity index (χ0) is 17.4. The zero-order valence-electron chi connectivity index (χ0n) is 15.9. The molecular weight excluding hydrogens is 316 g/mol. The van der Waals surface area contributed by atoms with Crippen molar-refractivity contribution < 1.29 is 4.90 Å². The van der Waals surface area contributed by atoms with Crippen LogP contribution in [0.15, 0.2) is 34.7 Å². The quantitative estimate of drug-likeness (QED) is 0.805. The molecule has 3 heteroatoms. The van der Waals surface area contributed by atoms with E-state index in [1.165, 1.54) is 63.0 Å². The van der Waals surface area contributed by atoms with Gasteiger partial charge in [0.1, 0.15) is 0 Å². The lowest BCUT2D eigenvalue weighted by molar-refractivity contribution is -0.832. The molecule has 1 N–H and O–H groups in total. The Kier molecular flexibility index (Phi) is 5.18. The molecule has 0 bridgehead atoms. The Labute approximate surface area is 153 Å². The highest BCUT2D eigenvalue weighted by Crippen LogP contribution is 2.53. The molecule has 134 valence electrons. The van der Waals surface area contributed by atoms with Crippen LogP contribution in [0.4, 0.5) is 0 Å². The molecule has 0 radical (unpaired) electrons. The van der Waals surface area contributed by atoms with Gasteiger partial charge in [0, 0.05) is 37.2 Å². The van der Waals surface area contributed by atoms with E-state index in [1.807, 2.05) is 0 Å². The summed E-state index contributed by atoms with van der Waals surface area (Å²) >= 11 is 7.01. The Hall–Kier alpha value is -0.730. The molecule has 2 fully saturated rings. The summed E-state index contributed by atoms with van der Waals surface area (Å²) in [6.07, 6.45) is 13.5. The monoisotopic (exact) mass is 349 g/mol. The minimum absolute atomic E-state index is 0.124. The number of likely N-dealkylation sites (tertiary alicyclic amines) is 2. The summed E-state index contributed by atoms with van der Waals surface area (Å²) in [6, 6.07) is 0. The van der Waals surface area contributed by atoms with Crippen LogP contribution < -0.4 is 4.90 Å². The Morgan fingerprint density at radius 3 is 2.21 bits per heavy atom. The van der Waals surface area contributed by atoms with Gasteiger partial charge in [0.05, 0.1) is 19.3 Å². The standard InChI is InChI=1S/C21H33ClN2/c1-20(2)16-21(3,4)18(15-24-12-7-8-13-24)19(22)17(20)9-14-23-10-5-6-11-23/h9,14-15H,5-8,10-13,16H2,1-4H3/p+1/b14-9?,18-15-. The first-order valence-corrected chi connectivity index (χ1v) is 10.1. The molecule has 2 nitrogen and oxygen atoms in total. The third-order valence-electron chi connectivity index (χ3n) is 6.00. The molecule has 2 aliphatic heterocycles. The van der Waals surface area contributed by atoms with Crippen molar-refractivity contribution in [2.75, 3.05) is 26.2 Å². The minimum Gasteiger partial charge on any atom is -0.377 e. The number of hydrogen-bond acceptors (Lipinski definition) is 1. The SMILES string of the molecule is CC1(C)CC(C)(C)/C(=C\N2CCCC2)C(Cl)=C1C=C[NH+]1CCCC1. The Balaban J connectivity index is 1.95. The van der Waals surface area contributed by atoms with Gasteiger partial charge < -0.3 is 9.80 Å². The van der Waals surface area contributed by atoms with Crippen LogP contribution in [0.3, 0.4) is 0 Å². The highest BCUT2D eigenvalue weighted by Gasteiger charge is 2.41. The third kappa shape index (κ3) is 3.75. The van der Waals surface area contributed by atoms with Crippen LogP contribution in [0, 0.1) is 10.8 Å². The maximum absolute atomic E-state index is 7.01. The number of halogens is 1. The van der Waals surface area contributed by atoms with Crippen molar-refractivity contribution in [3.05, 3.63) is 34.7 Å². The number of hydrogen-bond donors (Lipinski definition) is 1. The molecule has 0 atom stereocenters. The van der Waals surface area contributed by atoms with Crippen molar-refractivity contribution in [3.63, 3.8) is 0 Å². The number of nitrogens with zero attached hydrogens (tertiary/aromatic N) is 1. The van der Waals surface area contributed by atoms with Crippen LogP contribution in [-0.2, 0) is 0 Å². The molecule has 0 aromatic heterocycles. The van der Waals surface area contributed by atoms with Crippen molar-refractivity contribution in [3.8, 4) is 0 Å². The van der Waals surface area contributed by atoms with E-state index in [4.69, 9.17) is 11.6 Å². The normalized spacial score (nSPS) is 29.4. The van der Waals surface area contributed by atoms with E-state index in [0.29, 0.717) is 0 Å². The number of nitrogens with one attached hydrogen (secondary N) is 1. The van der Waals surface area contributed by atoms with Gasteiger partial charge >= 0.3 is 0 Å². The predicted octanol–water partition coefficient (Wildman–Crippen LogP) is 4.11. The average molecular weight is 350 g/mol.